The summed E-state index contributed by atoms with van der Waals surface area (Å²) >= 11 is 0. The van der Waals surface area contributed by atoms with Crippen LogP contribution in [0, 0.1) is 23.7 Å². The molecule has 6 N–H and O–H groups in total. The van der Waals surface area contributed by atoms with Crippen molar-refractivity contribution in [2.45, 2.75) is 140 Å². The Morgan fingerprint density at radius 2 is 1.01 bits per heavy atom. The zero-order chi connectivity index (χ0) is 52.8. The summed E-state index contributed by atoms with van der Waals surface area (Å²) in [7, 11) is 2.55. The maximum atomic E-state index is 14.5. The number of hydrogen-bond donors (Lipinski definition) is 6. The first-order valence-corrected chi connectivity index (χ1v) is 27.7. The number of ether oxygens (including phenoxy) is 2. The van der Waals surface area contributed by atoms with E-state index >= 15 is 0 Å². The molecule has 4 bridgehead atoms. The van der Waals surface area contributed by atoms with Crippen LogP contribution in [0.4, 0.5) is 9.59 Å². The Kier molecular flexibility index (Phi) is 14.6. The molecule has 8 aliphatic rings. The largest absolute Gasteiger partial charge is 0.453 e. The van der Waals surface area contributed by atoms with Gasteiger partial charge >= 0.3 is 12.2 Å². The standard InChI is InChI=1S/C60H72N8O8/c1-33(31-69)53(65-59(73)75-3)57(71)67-49-11-7-5-9-41(49)29-51(67)55-61-45-23-21-39(27-47(45)63-55)43-25-35-13-17-37(43)19-15-36-14-18-38(20-16-35)44(26-36)40-22-24-46-48(28-40)64-56(62-46)52-30-42-10-6-8-12-50(42)68(52)58(72)54(34(2)32-70)66-60(74)76-4/h13-14,17-18,21-28,33-34,41-42,49-54,69-70H,5-12,15-16,19-20,29-32H2,1-4H3,(H,61,63)(H,62,64)(H,65,73)(H,66,74)/t33-,34-,41-,42-,49-,50-,51-,52-,53-,54-/m0/s1. The highest BCUT2D eigenvalue weighted by atomic mass is 16.5. The maximum Gasteiger partial charge on any atom is 0.407 e. The van der Waals surface area contributed by atoms with Gasteiger partial charge in [-0.1, -0.05) is 88.1 Å². The molecular weight excluding hydrogens is 961 g/mol. The fourth-order valence-corrected chi connectivity index (χ4v) is 13.6. The Bertz CT molecular complexity index is 2940. The summed E-state index contributed by atoms with van der Waals surface area (Å²) in [5.41, 5.74) is 13.1. The number of H-pyrrole nitrogens is 2. The Morgan fingerprint density at radius 1 is 0.592 bits per heavy atom. The van der Waals surface area contributed by atoms with Gasteiger partial charge in [-0.05, 0) is 145 Å². The lowest BCUT2D eigenvalue weighted by molar-refractivity contribution is -0.139. The van der Waals surface area contributed by atoms with E-state index in [1.807, 2.05) is 9.80 Å². The summed E-state index contributed by atoms with van der Waals surface area (Å²) < 4.78 is 9.79. The van der Waals surface area contributed by atoms with Gasteiger partial charge in [0.05, 0.1) is 48.4 Å². The van der Waals surface area contributed by atoms with E-state index in [9.17, 15) is 29.4 Å². The van der Waals surface area contributed by atoms with Gasteiger partial charge in [-0.15, -0.1) is 0 Å². The summed E-state index contributed by atoms with van der Waals surface area (Å²) in [6, 6.07) is 24.3. The number of benzene rings is 4. The highest BCUT2D eigenvalue weighted by molar-refractivity contribution is 5.89. The minimum Gasteiger partial charge on any atom is -0.453 e. The monoisotopic (exact) mass is 1030 g/mol. The number of amides is 4. The number of aryl methyl sites for hydroxylation is 4. The van der Waals surface area contributed by atoms with Crippen molar-refractivity contribution in [2.24, 2.45) is 23.7 Å². The molecule has 0 unspecified atom stereocenters. The number of carbonyl (C=O) groups excluding carboxylic acids is 4. The number of imidazole rings is 2. The number of carbonyl (C=O) groups is 4. The van der Waals surface area contributed by atoms with Crippen molar-refractivity contribution in [3.05, 3.63) is 107 Å². The molecule has 76 heavy (non-hydrogen) atoms. The van der Waals surface area contributed by atoms with Gasteiger partial charge in [0.25, 0.3) is 0 Å². The quantitative estimate of drug-likeness (QED) is 0.0684. The lowest BCUT2D eigenvalue weighted by Crippen LogP contribution is -2.54. The highest BCUT2D eigenvalue weighted by Gasteiger charge is 2.50. The van der Waals surface area contributed by atoms with Crippen molar-refractivity contribution in [2.75, 3.05) is 27.4 Å². The Hall–Kier alpha value is -6.78. The maximum absolute atomic E-state index is 14.5. The second-order valence-corrected chi connectivity index (χ2v) is 22.5. The average molecular weight is 1030 g/mol. The molecule has 4 fully saturated rings. The predicted molar refractivity (Wildman–Crippen MR) is 289 cm³/mol. The number of aromatic nitrogens is 4. The predicted octanol–water partition coefficient (Wildman–Crippen LogP) is 9.03. The number of methoxy groups -OCH3 is 2. The Labute approximate surface area is 443 Å². The van der Waals surface area contributed by atoms with Gasteiger partial charge in [0.2, 0.25) is 11.8 Å². The van der Waals surface area contributed by atoms with Crippen LogP contribution in [0.15, 0.2) is 72.8 Å². The van der Waals surface area contributed by atoms with Crippen LogP contribution >= 0.6 is 0 Å². The molecule has 2 saturated carbocycles. The van der Waals surface area contributed by atoms with Gasteiger partial charge in [0.15, 0.2) is 0 Å². The van der Waals surface area contributed by atoms with Crippen LogP contribution in [0.2, 0.25) is 0 Å². The zero-order valence-electron chi connectivity index (χ0n) is 44.1. The van der Waals surface area contributed by atoms with Crippen molar-refractivity contribution < 1.29 is 38.9 Å². The molecule has 16 nitrogen and oxygen atoms in total. The van der Waals surface area contributed by atoms with Crippen LogP contribution in [0.25, 0.3) is 44.3 Å². The first-order valence-electron chi connectivity index (χ1n) is 27.7. The molecule has 4 heterocycles. The molecule has 16 heteroatoms. The van der Waals surface area contributed by atoms with Gasteiger partial charge in [0, 0.05) is 37.1 Å². The van der Waals surface area contributed by atoms with Crippen molar-refractivity contribution in [3.8, 4) is 22.3 Å². The number of aliphatic hydroxyl groups excluding tert-OH is 2. The number of hydrogen-bond acceptors (Lipinski definition) is 10. The van der Waals surface area contributed by atoms with Crippen molar-refractivity contribution in [1.29, 1.82) is 0 Å². The van der Waals surface area contributed by atoms with E-state index in [1.165, 1.54) is 47.6 Å². The normalized spacial score (nSPS) is 23.8. The summed E-state index contributed by atoms with van der Waals surface area (Å²) in [4.78, 5) is 75.5. The molecule has 0 radical (unpaired) electrons. The van der Waals surface area contributed by atoms with E-state index in [2.05, 4.69) is 93.4 Å². The zero-order valence-corrected chi connectivity index (χ0v) is 44.1. The molecule has 0 spiro atoms. The minimum absolute atomic E-state index is 0.0281. The number of aromatic amines is 2. The van der Waals surface area contributed by atoms with E-state index in [0.29, 0.717) is 11.8 Å². The highest BCUT2D eigenvalue weighted by Crippen LogP contribution is 2.48. The van der Waals surface area contributed by atoms with Crippen molar-refractivity contribution in [1.82, 2.24) is 40.4 Å². The van der Waals surface area contributed by atoms with E-state index < -0.39 is 36.1 Å². The van der Waals surface area contributed by atoms with Crippen LogP contribution in [0.5, 0.6) is 0 Å². The molecule has 4 amide bonds. The van der Waals surface area contributed by atoms with Gasteiger partial charge in [-0.25, -0.2) is 19.6 Å². The third-order valence-corrected chi connectivity index (χ3v) is 17.8. The van der Waals surface area contributed by atoms with E-state index in [-0.39, 0.29) is 49.2 Å². The second kappa shape index (κ2) is 21.7. The molecule has 6 aliphatic carbocycles. The van der Waals surface area contributed by atoms with E-state index in [0.717, 1.165) is 135 Å². The Morgan fingerprint density at radius 3 is 1.42 bits per heavy atom. The lowest BCUT2D eigenvalue weighted by Gasteiger charge is -2.37. The van der Waals surface area contributed by atoms with Crippen LogP contribution in [0.1, 0.15) is 124 Å². The summed E-state index contributed by atoms with van der Waals surface area (Å²) in [5, 5.41) is 25.8. The van der Waals surface area contributed by atoms with Gasteiger partial charge in [-0.3, -0.25) is 9.59 Å². The van der Waals surface area contributed by atoms with Crippen LogP contribution in [-0.2, 0) is 44.7 Å². The van der Waals surface area contributed by atoms with Crippen molar-refractivity contribution >= 4 is 46.1 Å². The number of nitrogens with one attached hydrogen (secondary N) is 4. The molecule has 2 saturated heterocycles. The molecule has 10 atom stereocenters. The fraction of sp³-hybridized carbons (Fsp3) is 0.500. The third-order valence-electron chi connectivity index (χ3n) is 17.8. The molecule has 14 rings (SSSR count). The number of likely N-dealkylation sites (tertiary alicyclic amines) is 2. The summed E-state index contributed by atoms with van der Waals surface area (Å²) in [6.07, 6.45) is 11.7. The fourth-order valence-electron chi connectivity index (χ4n) is 13.6. The SMILES string of the molecule is COC(=O)N[C@H](C(=O)N1[C@H](c2nc3ccc(-c4cc5ccc4CCc4ccc(c(-c6ccc7nc([C@@H]8C[C@@H]9CCCC[C@@H]9N8C(=O)[C@@H](NC(=O)OC)[C@@H](C)CO)[nH]c7c6)c4)CC5)cc3[nH]2)C[C@@H]2CCCC[C@@H]21)[C@@H](C)CO. The van der Waals surface area contributed by atoms with Crippen molar-refractivity contribution in [3.63, 3.8) is 0 Å². The van der Waals surface area contributed by atoms with Crippen LogP contribution in [-0.4, -0.2) is 116 Å². The number of rotatable bonds is 12. The number of aliphatic hydroxyl groups is 2. The van der Waals surface area contributed by atoms with Gasteiger partial charge in [-0.2, -0.15) is 0 Å². The first kappa shape index (κ1) is 51.3. The smallest absolute Gasteiger partial charge is 0.407 e. The van der Waals surface area contributed by atoms with E-state index in [1.54, 1.807) is 13.8 Å². The topological polar surface area (TPSA) is 215 Å². The van der Waals surface area contributed by atoms with Crippen LogP contribution in [0.3, 0.4) is 0 Å². The molecule has 2 aromatic heterocycles. The first-order chi connectivity index (χ1) is 36.9. The van der Waals surface area contributed by atoms with Crippen LogP contribution < -0.4 is 10.6 Å². The number of fused-ring (bicyclic) bond motifs is 4. The molecule has 2 aliphatic heterocycles. The molecule has 400 valence electrons. The van der Waals surface area contributed by atoms with Gasteiger partial charge < -0.3 is 50.1 Å². The Balaban J connectivity index is 0.849. The second-order valence-electron chi connectivity index (χ2n) is 22.5. The van der Waals surface area contributed by atoms with E-state index in [4.69, 9.17) is 19.4 Å². The average Bonchev–Trinajstić information content (AvgIpc) is 4.30. The molecule has 6 aromatic rings. The number of alkyl carbamates (subject to hydrolysis) is 2. The summed E-state index contributed by atoms with van der Waals surface area (Å²) in [5.74, 6) is 0.684. The minimum atomic E-state index is -0.936. The van der Waals surface area contributed by atoms with Gasteiger partial charge in [0.1, 0.15) is 23.7 Å². The molecular formula is C60H72N8O8. The summed E-state index contributed by atoms with van der Waals surface area (Å²) in [6.45, 7) is 3.01. The number of nitrogens with zero attached hydrogens (tertiary/aromatic N) is 4. The lowest BCUT2D eigenvalue weighted by atomic mass is 9.84. The molecule has 4 aromatic carbocycles. The third kappa shape index (κ3) is 9.82.